The zero-order chi connectivity index (χ0) is 19.1. The lowest BCUT2D eigenvalue weighted by Crippen LogP contribution is -2.26. The Morgan fingerprint density at radius 1 is 1.23 bits per heavy atom. The molecule has 0 spiro atoms. The van der Waals surface area contributed by atoms with E-state index >= 15 is 0 Å². The van der Waals surface area contributed by atoms with E-state index in [4.69, 9.17) is 25.9 Å². The summed E-state index contributed by atoms with van der Waals surface area (Å²) in [6, 6.07) is 10.6. The molecule has 2 rings (SSSR count). The Hall–Kier alpha value is -2.25. The highest BCUT2D eigenvalue weighted by molar-refractivity contribution is 9.10. The van der Waals surface area contributed by atoms with Crippen LogP contribution < -0.4 is 14.8 Å². The molecule has 0 aliphatic heterocycles. The number of anilines is 1. The normalized spacial score (nSPS) is 11.9. The number of rotatable bonds is 7. The summed E-state index contributed by atoms with van der Waals surface area (Å²) in [5.41, 5.74) is 1.32. The van der Waals surface area contributed by atoms with Crippen LogP contribution in [0.5, 0.6) is 11.5 Å². The van der Waals surface area contributed by atoms with Crippen molar-refractivity contribution in [2.75, 3.05) is 19.5 Å². The lowest BCUT2D eigenvalue weighted by atomic mass is 10.2. The van der Waals surface area contributed by atoms with Crippen LogP contribution in [0.2, 0.25) is 5.02 Å². The van der Waals surface area contributed by atoms with Gasteiger partial charge < -0.3 is 19.6 Å². The minimum Gasteiger partial charge on any atom is -0.493 e. The number of benzene rings is 2. The maximum absolute atomic E-state index is 12.1. The van der Waals surface area contributed by atoms with Crippen molar-refractivity contribution in [3.05, 3.63) is 51.5 Å². The molecule has 1 amide bonds. The Morgan fingerprint density at radius 2 is 1.92 bits per heavy atom. The first-order valence-corrected chi connectivity index (χ1v) is 8.79. The third kappa shape index (κ3) is 5.37. The largest absolute Gasteiger partial charge is 0.493 e. The van der Waals surface area contributed by atoms with E-state index in [0.29, 0.717) is 27.8 Å². The second-order valence-corrected chi connectivity index (χ2v) is 6.54. The van der Waals surface area contributed by atoms with Crippen molar-refractivity contribution in [3.8, 4) is 11.5 Å². The lowest BCUT2D eigenvalue weighted by molar-refractivity contribution is -0.126. The van der Waals surface area contributed by atoms with Gasteiger partial charge in [0.1, 0.15) is 0 Å². The van der Waals surface area contributed by atoms with Gasteiger partial charge in [0.05, 0.1) is 25.5 Å². The molecule has 0 bridgehead atoms. The van der Waals surface area contributed by atoms with Crippen molar-refractivity contribution in [3.63, 3.8) is 0 Å². The molecule has 0 heterocycles. The van der Waals surface area contributed by atoms with Crippen molar-refractivity contribution >= 4 is 45.3 Å². The molecule has 1 N–H and O–H groups in total. The third-order valence-corrected chi connectivity index (χ3v) is 4.17. The molecule has 0 saturated heterocycles. The highest BCUT2D eigenvalue weighted by Gasteiger charge is 2.14. The van der Waals surface area contributed by atoms with Crippen LogP contribution in [0.25, 0.3) is 0 Å². The van der Waals surface area contributed by atoms with Gasteiger partial charge in [-0.25, -0.2) is 0 Å². The highest BCUT2D eigenvalue weighted by atomic mass is 79.9. The van der Waals surface area contributed by atoms with Crippen LogP contribution in [0.15, 0.2) is 46.0 Å². The summed E-state index contributed by atoms with van der Waals surface area (Å²) in [6.07, 6.45) is 0.669. The van der Waals surface area contributed by atoms with Crippen LogP contribution in [0.4, 0.5) is 5.69 Å². The van der Waals surface area contributed by atoms with Gasteiger partial charge in [-0.3, -0.25) is 4.79 Å². The van der Waals surface area contributed by atoms with E-state index in [0.717, 1.165) is 4.47 Å². The summed E-state index contributed by atoms with van der Waals surface area (Å²) in [7, 11) is 3.02. The fourth-order valence-electron chi connectivity index (χ4n) is 2.02. The number of hydrogen-bond acceptors (Lipinski definition) is 5. The van der Waals surface area contributed by atoms with Crippen LogP contribution in [-0.2, 0) is 9.63 Å². The quantitative estimate of drug-likeness (QED) is 0.507. The average Bonchev–Trinajstić information content (AvgIpc) is 2.62. The summed E-state index contributed by atoms with van der Waals surface area (Å²) in [6.45, 7) is 1.60. The number of nitrogens with zero attached hydrogens (tertiary/aromatic N) is 1. The number of methoxy groups -OCH3 is 2. The second-order valence-electron chi connectivity index (χ2n) is 5.22. The van der Waals surface area contributed by atoms with Gasteiger partial charge in [0, 0.05) is 15.7 Å². The maximum atomic E-state index is 12.1. The number of nitrogens with one attached hydrogen (secondary N) is 1. The molecule has 26 heavy (non-hydrogen) atoms. The minimum absolute atomic E-state index is 0.310. The molecule has 0 radical (unpaired) electrons. The average molecular weight is 442 g/mol. The van der Waals surface area contributed by atoms with E-state index in [1.54, 1.807) is 31.2 Å². The molecule has 1 atom stereocenters. The summed E-state index contributed by atoms with van der Waals surface area (Å²) in [5.74, 6) is 0.603. The van der Waals surface area contributed by atoms with E-state index < -0.39 is 6.10 Å². The molecule has 8 heteroatoms. The molecule has 1 unspecified atom stereocenters. The predicted octanol–water partition coefficient (Wildman–Crippen LogP) is 4.50. The van der Waals surface area contributed by atoms with E-state index in [1.165, 1.54) is 20.4 Å². The van der Waals surface area contributed by atoms with Gasteiger partial charge in [-0.15, -0.1) is 0 Å². The molecule has 0 aromatic heterocycles. The first-order valence-electron chi connectivity index (χ1n) is 7.61. The van der Waals surface area contributed by atoms with E-state index in [2.05, 4.69) is 26.4 Å². The first-order chi connectivity index (χ1) is 12.4. The molecule has 0 aliphatic carbocycles. The van der Waals surface area contributed by atoms with Crippen LogP contribution in [0.3, 0.4) is 0 Å². The zero-order valence-corrected chi connectivity index (χ0v) is 16.8. The highest BCUT2D eigenvalue weighted by Crippen LogP contribution is 2.35. The maximum Gasteiger partial charge on any atom is 0.267 e. The Bertz CT molecular complexity index is 797. The van der Waals surface area contributed by atoms with Crippen LogP contribution in [0.1, 0.15) is 12.5 Å². The number of hydrogen-bond donors (Lipinski definition) is 1. The molecule has 138 valence electrons. The monoisotopic (exact) mass is 440 g/mol. The van der Waals surface area contributed by atoms with Crippen LogP contribution in [-0.4, -0.2) is 32.4 Å². The Balaban J connectivity index is 1.97. The van der Waals surface area contributed by atoms with Crippen molar-refractivity contribution in [2.45, 2.75) is 13.0 Å². The molecule has 2 aromatic rings. The van der Waals surface area contributed by atoms with E-state index in [9.17, 15) is 4.79 Å². The van der Waals surface area contributed by atoms with Crippen LogP contribution in [0, 0.1) is 0 Å². The molecule has 2 aromatic carbocycles. The Kier molecular flexibility index (Phi) is 7.29. The minimum atomic E-state index is -0.773. The number of amides is 1. The molecular weight excluding hydrogens is 424 g/mol. The van der Waals surface area contributed by atoms with Crippen molar-refractivity contribution in [2.24, 2.45) is 5.16 Å². The van der Waals surface area contributed by atoms with Gasteiger partial charge in [-0.2, -0.15) is 0 Å². The van der Waals surface area contributed by atoms with Gasteiger partial charge >= 0.3 is 0 Å². The SMILES string of the molecule is COc1cc(/C=N/OC(C)C(=O)Nc2ccc(Br)cc2)cc(Cl)c1OC. The van der Waals surface area contributed by atoms with Crippen molar-refractivity contribution < 1.29 is 19.1 Å². The summed E-state index contributed by atoms with van der Waals surface area (Å²) in [5, 5.41) is 6.97. The second kappa shape index (κ2) is 9.45. The summed E-state index contributed by atoms with van der Waals surface area (Å²) >= 11 is 9.47. The summed E-state index contributed by atoms with van der Waals surface area (Å²) in [4.78, 5) is 17.3. The number of carbonyl (C=O) groups excluding carboxylic acids is 1. The molecule has 0 saturated carbocycles. The summed E-state index contributed by atoms with van der Waals surface area (Å²) < 4.78 is 11.3. The third-order valence-electron chi connectivity index (χ3n) is 3.36. The van der Waals surface area contributed by atoms with E-state index in [1.807, 2.05) is 12.1 Å². The zero-order valence-electron chi connectivity index (χ0n) is 14.5. The van der Waals surface area contributed by atoms with Gasteiger partial charge in [0.2, 0.25) is 6.10 Å². The van der Waals surface area contributed by atoms with Crippen LogP contribution >= 0.6 is 27.5 Å². The smallest absolute Gasteiger partial charge is 0.267 e. The standard InChI is InChI=1S/C18H18BrClN2O4/c1-11(18(23)22-14-6-4-13(19)5-7-14)26-21-10-12-8-15(20)17(25-3)16(9-12)24-2/h4-11H,1-3H3,(H,22,23)/b21-10+. The van der Waals surface area contributed by atoms with Gasteiger partial charge in [0.25, 0.3) is 5.91 Å². The van der Waals surface area contributed by atoms with Gasteiger partial charge in [0.15, 0.2) is 11.5 Å². The van der Waals surface area contributed by atoms with Gasteiger partial charge in [-0.1, -0.05) is 32.7 Å². The Morgan fingerprint density at radius 3 is 2.54 bits per heavy atom. The number of ether oxygens (including phenoxy) is 2. The van der Waals surface area contributed by atoms with E-state index in [-0.39, 0.29) is 5.91 Å². The van der Waals surface area contributed by atoms with Crippen molar-refractivity contribution in [1.29, 1.82) is 0 Å². The van der Waals surface area contributed by atoms with Crippen molar-refractivity contribution in [1.82, 2.24) is 0 Å². The number of oxime groups is 1. The molecule has 0 aliphatic rings. The predicted molar refractivity (Wildman–Crippen MR) is 105 cm³/mol. The number of halogens is 2. The molecule has 6 nitrogen and oxygen atoms in total. The van der Waals surface area contributed by atoms with Gasteiger partial charge in [-0.05, 0) is 43.3 Å². The number of carbonyl (C=O) groups is 1. The molecule has 0 fully saturated rings. The fourth-order valence-corrected chi connectivity index (χ4v) is 2.58. The lowest BCUT2D eigenvalue weighted by Gasteiger charge is -2.11. The topological polar surface area (TPSA) is 69.2 Å². The molecular formula is C18H18BrClN2O4. The Labute approximate surface area is 165 Å². The first kappa shape index (κ1) is 20.1. The fraction of sp³-hybridized carbons (Fsp3) is 0.222.